The van der Waals surface area contributed by atoms with E-state index in [9.17, 15) is 19.8 Å². The third-order valence-corrected chi connectivity index (χ3v) is 3.57. The van der Waals surface area contributed by atoms with Gasteiger partial charge in [0.25, 0.3) is 0 Å². The molecule has 0 aromatic heterocycles. The molecule has 1 aromatic rings. The summed E-state index contributed by atoms with van der Waals surface area (Å²) in [7, 11) is 0. The van der Waals surface area contributed by atoms with Crippen molar-refractivity contribution in [2.75, 3.05) is 0 Å². The highest BCUT2D eigenvalue weighted by Crippen LogP contribution is 2.29. The molecule has 0 aliphatic heterocycles. The van der Waals surface area contributed by atoms with Crippen LogP contribution in [0.25, 0.3) is 0 Å². The summed E-state index contributed by atoms with van der Waals surface area (Å²) in [5.41, 5.74) is 1.94. The van der Waals surface area contributed by atoms with Gasteiger partial charge in [0.1, 0.15) is 0 Å². The van der Waals surface area contributed by atoms with E-state index in [1.54, 1.807) is 0 Å². The molecule has 4 nitrogen and oxygen atoms in total. The van der Waals surface area contributed by atoms with E-state index < -0.39 is 11.9 Å². The first kappa shape index (κ1) is 12.6. The van der Waals surface area contributed by atoms with Crippen LogP contribution < -0.4 is 0 Å². The van der Waals surface area contributed by atoms with Crippen LogP contribution in [0.5, 0.6) is 0 Å². The summed E-state index contributed by atoms with van der Waals surface area (Å²) in [6.45, 7) is 2.08. The van der Waals surface area contributed by atoms with Crippen molar-refractivity contribution in [2.24, 2.45) is 5.92 Å². The lowest BCUT2D eigenvalue weighted by Crippen LogP contribution is -2.12. The second kappa shape index (κ2) is 4.80. The smallest absolute Gasteiger partial charge is 0.335 e. The van der Waals surface area contributed by atoms with Gasteiger partial charge in [0.2, 0.25) is 0 Å². The first-order valence-electron chi connectivity index (χ1n) is 6.12. The quantitative estimate of drug-likeness (QED) is 0.789. The molecular weight excluding hydrogens is 232 g/mol. The van der Waals surface area contributed by atoms with Crippen molar-refractivity contribution in [3.63, 3.8) is 0 Å². The molecule has 1 atom stereocenters. The van der Waals surface area contributed by atoms with Gasteiger partial charge in [-0.2, -0.15) is 0 Å². The minimum atomic E-state index is -0.975. The summed E-state index contributed by atoms with van der Waals surface area (Å²) in [6, 6.07) is 2.84. The van der Waals surface area contributed by atoms with Gasteiger partial charge in [-0.3, -0.25) is 0 Å². The molecular formula is C14H16O4. The monoisotopic (exact) mass is 248 g/mol. The van der Waals surface area contributed by atoms with Crippen LogP contribution in [0.2, 0.25) is 0 Å². The van der Waals surface area contributed by atoms with Crippen LogP contribution >= 0.6 is 0 Å². The van der Waals surface area contributed by atoms with Crippen molar-refractivity contribution in [1.29, 1.82) is 0 Å². The minimum Gasteiger partial charge on any atom is -0.478 e. The van der Waals surface area contributed by atoms with E-state index >= 15 is 0 Å². The maximum atomic E-state index is 11.2. The minimum absolute atomic E-state index is 0.253. The lowest BCUT2D eigenvalue weighted by atomic mass is 9.90. The van der Waals surface area contributed by atoms with Gasteiger partial charge in [0.15, 0.2) is 0 Å². The van der Waals surface area contributed by atoms with E-state index in [0.29, 0.717) is 29.9 Å². The number of fused-ring (bicyclic) bond motifs is 1. The van der Waals surface area contributed by atoms with Crippen LogP contribution in [0.15, 0.2) is 12.1 Å². The second-order valence-corrected chi connectivity index (χ2v) is 4.93. The topological polar surface area (TPSA) is 74.6 Å². The SMILES string of the molecule is CC1CCCc2c(C(=O)O)ccc(C(=O)O)c2C1. The van der Waals surface area contributed by atoms with Crippen molar-refractivity contribution in [1.82, 2.24) is 0 Å². The van der Waals surface area contributed by atoms with Gasteiger partial charge in [-0.1, -0.05) is 13.3 Å². The highest BCUT2D eigenvalue weighted by molar-refractivity contribution is 5.95. The first-order chi connectivity index (χ1) is 8.50. The molecule has 1 aliphatic rings. The predicted molar refractivity (Wildman–Crippen MR) is 66.2 cm³/mol. The Morgan fingerprint density at radius 2 is 1.67 bits per heavy atom. The number of carbonyl (C=O) groups is 2. The molecule has 0 bridgehead atoms. The van der Waals surface area contributed by atoms with E-state index in [2.05, 4.69) is 6.92 Å². The van der Waals surface area contributed by atoms with Gasteiger partial charge < -0.3 is 10.2 Å². The highest BCUT2D eigenvalue weighted by Gasteiger charge is 2.24. The number of hydrogen-bond donors (Lipinski definition) is 2. The van der Waals surface area contributed by atoms with Gasteiger partial charge in [-0.05, 0) is 48.4 Å². The zero-order chi connectivity index (χ0) is 13.3. The fourth-order valence-electron chi connectivity index (χ4n) is 2.69. The summed E-state index contributed by atoms with van der Waals surface area (Å²) in [6.07, 6.45) is 3.23. The van der Waals surface area contributed by atoms with E-state index in [-0.39, 0.29) is 11.1 Å². The lowest BCUT2D eigenvalue weighted by molar-refractivity contribution is 0.0679. The van der Waals surface area contributed by atoms with Crippen molar-refractivity contribution in [2.45, 2.75) is 32.6 Å². The van der Waals surface area contributed by atoms with Crippen LogP contribution in [0, 0.1) is 5.92 Å². The molecule has 0 radical (unpaired) electrons. The van der Waals surface area contributed by atoms with E-state index in [1.165, 1.54) is 12.1 Å². The molecule has 4 heteroatoms. The summed E-state index contributed by atoms with van der Waals surface area (Å²) in [5.74, 6) is -1.55. The Kier molecular flexibility index (Phi) is 3.36. The molecule has 0 saturated heterocycles. The molecule has 2 N–H and O–H groups in total. The van der Waals surface area contributed by atoms with Crippen molar-refractivity contribution in [3.8, 4) is 0 Å². The van der Waals surface area contributed by atoms with Crippen LogP contribution in [-0.2, 0) is 12.8 Å². The van der Waals surface area contributed by atoms with Gasteiger partial charge in [-0.15, -0.1) is 0 Å². The average molecular weight is 248 g/mol. The number of benzene rings is 1. The summed E-state index contributed by atoms with van der Waals surface area (Å²) >= 11 is 0. The third-order valence-electron chi connectivity index (χ3n) is 3.57. The largest absolute Gasteiger partial charge is 0.478 e. The van der Waals surface area contributed by atoms with Crippen molar-refractivity contribution < 1.29 is 19.8 Å². The number of rotatable bonds is 2. The molecule has 1 aliphatic carbocycles. The van der Waals surface area contributed by atoms with Crippen LogP contribution in [0.1, 0.15) is 51.6 Å². The second-order valence-electron chi connectivity index (χ2n) is 4.93. The number of aromatic carboxylic acids is 2. The van der Waals surface area contributed by atoms with Crippen LogP contribution in [-0.4, -0.2) is 22.2 Å². The first-order valence-corrected chi connectivity index (χ1v) is 6.12. The molecule has 1 unspecified atom stereocenters. The predicted octanol–water partition coefficient (Wildman–Crippen LogP) is 2.60. The Hall–Kier alpha value is -1.84. The lowest BCUT2D eigenvalue weighted by Gasteiger charge is -2.14. The van der Waals surface area contributed by atoms with Gasteiger partial charge in [0, 0.05) is 0 Å². The molecule has 96 valence electrons. The van der Waals surface area contributed by atoms with E-state index in [0.717, 1.165) is 12.8 Å². The van der Waals surface area contributed by atoms with E-state index in [4.69, 9.17) is 0 Å². The van der Waals surface area contributed by atoms with Crippen molar-refractivity contribution >= 4 is 11.9 Å². The van der Waals surface area contributed by atoms with Gasteiger partial charge >= 0.3 is 11.9 Å². The Morgan fingerprint density at radius 1 is 1.11 bits per heavy atom. The van der Waals surface area contributed by atoms with Crippen molar-refractivity contribution in [3.05, 3.63) is 34.4 Å². The molecule has 0 amide bonds. The Bertz CT molecular complexity index is 505. The molecule has 0 heterocycles. The Balaban J connectivity index is 2.63. The molecule has 18 heavy (non-hydrogen) atoms. The normalized spacial score (nSPS) is 18.8. The molecule has 0 saturated carbocycles. The summed E-state index contributed by atoms with van der Waals surface area (Å²) in [4.78, 5) is 22.4. The van der Waals surface area contributed by atoms with Crippen LogP contribution in [0.4, 0.5) is 0 Å². The third kappa shape index (κ3) is 2.23. The molecule has 0 fully saturated rings. The zero-order valence-corrected chi connectivity index (χ0v) is 10.3. The van der Waals surface area contributed by atoms with Gasteiger partial charge in [-0.25, -0.2) is 9.59 Å². The zero-order valence-electron chi connectivity index (χ0n) is 10.3. The molecule has 0 spiro atoms. The Labute approximate surface area is 105 Å². The maximum Gasteiger partial charge on any atom is 0.335 e. The molecule has 2 rings (SSSR count). The Morgan fingerprint density at radius 3 is 2.22 bits per heavy atom. The number of hydrogen-bond acceptors (Lipinski definition) is 2. The van der Waals surface area contributed by atoms with E-state index in [1.807, 2.05) is 0 Å². The fourth-order valence-corrected chi connectivity index (χ4v) is 2.69. The standard InChI is InChI=1S/C14H16O4/c1-8-3-2-4-9-10(13(15)16)5-6-11(14(17)18)12(9)7-8/h5-6,8H,2-4,7H2,1H3,(H,15,16)(H,17,18). The highest BCUT2D eigenvalue weighted by atomic mass is 16.4. The van der Waals surface area contributed by atoms with Crippen LogP contribution in [0.3, 0.4) is 0 Å². The number of carboxylic acids is 2. The summed E-state index contributed by atoms with van der Waals surface area (Å²) < 4.78 is 0. The molecule has 1 aromatic carbocycles. The summed E-state index contributed by atoms with van der Waals surface area (Å²) in [5, 5.41) is 18.4. The maximum absolute atomic E-state index is 11.2. The fraction of sp³-hybridized carbons (Fsp3) is 0.429. The number of carboxylic acid groups (broad SMARTS) is 2. The average Bonchev–Trinajstić information content (AvgIpc) is 2.47. The van der Waals surface area contributed by atoms with Gasteiger partial charge in [0.05, 0.1) is 11.1 Å².